The van der Waals surface area contributed by atoms with Crippen LogP contribution in [-0.2, 0) is 14.3 Å². The summed E-state index contributed by atoms with van der Waals surface area (Å²) < 4.78 is 5.28. The van der Waals surface area contributed by atoms with E-state index in [4.69, 9.17) is 10.00 Å². The number of nitriles is 1. The minimum Gasteiger partial charge on any atom is -0.381 e. The molecule has 1 heterocycles. The summed E-state index contributed by atoms with van der Waals surface area (Å²) in [7, 11) is 0. The van der Waals surface area contributed by atoms with Gasteiger partial charge in [-0.2, -0.15) is 5.26 Å². The normalized spacial score (nSPS) is 14.9. The van der Waals surface area contributed by atoms with Gasteiger partial charge in [-0.05, 0) is 37.0 Å². The lowest BCUT2D eigenvalue weighted by atomic mass is 9.96. The molecule has 0 bridgehead atoms. The number of hydrogen-bond acceptors (Lipinski definition) is 4. The van der Waals surface area contributed by atoms with Gasteiger partial charge in [0.1, 0.15) is 6.42 Å². The maximum Gasteiger partial charge on any atom is 0.238 e. The maximum absolute atomic E-state index is 12.0. The molecule has 22 heavy (non-hydrogen) atoms. The maximum atomic E-state index is 12.0. The van der Waals surface area contributed by atoms with Gasteiger partial charge in [0, 0.05) is 31.0 Å². The van der Waals surface area contributed by atoms with Crippen LogP contribution in [0.5, 0.6) is 0 Å². The van der Waals surface area contributed by atoms with Crippen LogP contribution in [0.25, 0.3) is 0 Å². The quantitative estimate of drug-likeness (QED) is 0.873. The van der Waals surface area contributed by atoms with E-state index in [0.717, 1.165) is 26.1 Å². The Balaban J connectivity index is 1.87. The first-order chi connectivity index (χ1) is 10.7. The van der Waals surface area contributed by atoms with Gasteiger partial charge in [-0.25, -0.2) is 0 Å². The average Bonchev–Trinajstić information content (AvgIpc) is 2.48. The van der Waals surface area contributed by atoms with Crippen LogP contribution >= 0.6 is 0 Å². The first-order valence-electron chi connectivity index (χ1n) is 7.32. The Labute approximate surface area is 129 Å². The van der Waals surface area contributed by atoms with Gasteiger partial charge >= 0.3 is 0 Å². The summed E-state index contributed by atoms with van der Waals surface area (Å²) in [6, 6.07) is 8.69. The van der Waals surface area contributed by atoms with E-state index < -0.39 is 0 Å². The number of anilines is 2. The van der Waals surface area contributed by atoms with Crippen molar-refractivity contribution in [2.75, 3.05) is 23.8 Å². The number of rotatable bonds is 5. The SMILES string of the molecule is N#CCC(=O)Nc1cccc(NC(=O)CC2CCOCC2)c1. The Morgan fingerprint density at radius 1 is 1.18 bits per heavy atom. The second kappa shape index (κ2) is 8.15. The molecule has 0 unspecified atom stereocenters. The summed E-state index contributed by atoms with van der Waals surface area (Å²) >= 11 is 0. The van der Waals surface area contributed by atoms with E-state index in [1.165, 1.54) is 0 Å². The molecule has 2 rings (SSSR count). The molecule has 1 aliphatic rings. The van der Waals surface area contributed by atoms with E-state index in [2.05, 4.69) is 10.6 Å². The third kappa shape index (κ3) is 5.19. The highest BCUT2D eigenvalue weighted by Crippen LogP contribution is 2.20. The molecule has 2 amide bonds. The van der Waals surface area contributed by atoms with E-state index >= 15 is 0 Å². The van der Waals surface area contributed by atoms with Crippen molar-refractivity contribution in [3.8, 4) is 6.07 Å². The number of carbonyl (C=O) groups excluding carboxylic acids is 2. The molecule has 0 spiro atoms. The van der Waals surface area contributed by atoms with Crippen LogP contribution in [0.4, 0.5) is 11.4 Å². The number of benzene rings is 1. The summed E-state index contributed by atoms with van der Waals surface area (Å²) in [5.41, 5.74) is 1.19. The zero-order valence-electron chi connectivity index (χ0n) is 12.3. The van der Waals surface area contributed by atoms with E-state index in [1.54, 1.807) is 30.3 Å². The van der Waals surface area contributed by atoms with E-state index in [1.807, 2.05) is 0 Å². The minimum absolute atomic E-state index is 0.0348. The number of nitrogens with zero attached hydrogens (tertiary/aromatic N) is 1. The lowest BCUT2D eigenvalue weighted by molar-refractivity contribution is -0.118. The molecule has 0 aliphatic carbocycles. The Hall–Kier alpha value is -2.39. The van der Waals surface area contributed by atoms with Crippen LogP contribution < -0.4 is 10.6 Å². The Morgan fingerprint density at radius 2 is 1.82 bits per heavy atom. The first-order valence-corrected chi connectivity index (χ1v) is 7.32. The molecule has 0 aromatic heterocycles. The van der Waals surface area contributed by atoms with Gasteiger partial charge in [-0.15, -0.1) is 0 Å². The van der Waals surface area contributed by atoms with Crippen molar-refractivity contribution in [1.29, 1.82) is 5.26 Å². The van der Waals surface area contributed by atoms with Gasteiger partial charge in [0.25, 0.3) is 0 Å². The number of nitrogens with one attached hydrogen (secondary N) is 2. The van der Waals surface area contributed by atoms with Gasteiger partial charge in [0.05, 0.1) is 6.07 Å². The molecule has 116 valence electrons. The second-order valence-corrected chi connectivity index (χ2v) is 5.27. The lowest BCUT2D eigenvalue weighted by Gasteiger charge is -2.21. The number of amides is 2. The van der Waals surface area contributed by atoms with E-state index in [9.17, 15) is 9.59 Å². The zero-order chi connectivity index (χ0) is 15.8. The molecule has 1 aromatic rings. The fourth-order valence-electron chi connectivity index (χ4n) is 2.38. The monoisotopic (exact) mass is 301 g/mol. The molecule has 0 radical (unpaired) electrons. The van der Waals surface area contributed by atoms with Crippen molar-refractivity contribution >= 4 is 23.2 Å². The molecule has 1 aromatic carbocycles. The Kier molecular flexibility index (Phi) is 5.92. The third-order valence-corrected chi connectivity index (χ3v) is 3.48. The standard InChI is InChI=1S/C16H19N3O3/c17-7-4-15(20)18-13-2-1-3-14(11-13)19-16(21)10-12-5-8-22-9-6-12/h1-3,11-12H,4-6,8-10H2,(H,18,20)(H,19,21). The zero-order valence-corrected chi connectivity index (χ0v) is 12.3. The fraction of sp³-hybridized carbons (Fsp3) is 0.438. The predicted octanol–water partition coefficient (Wildman–Crippen LogP) is 2.29. The van der Waals surface area contributed by atoms with Crippen LogP contribution in [0.2, 0.25) is 0 Å². The molecular weight excluding hydrogens is 282 g/mol. The van der Waals surface area contributed by atoms with E-state index in [0.29, 0.717) is 23.7 Å². The largest absolute Gasteiger partial charge is 0.381 e. The summed E-state index contributed by atoms with van der Waals surface area (Å²) in [5, 5.41) is 13.9. The van der Waals surface area contributed by atoms with Crippen molar-refractivity contribution in [1.82, 2.24) is 0 Å². The smallest absolute Gasteiger partial charge is 0.238 e. The highest BCUT2D eigenvalue weighted by molar-refractivity contribution is 5.94. The second-order valence-electron chi connectivity index (χ2n) is 5.27. The summed E-state index contributed by atoms with van der Waals surface area (Å²) in [6.07, 6.45) is 2.12. The van der Waals surface area contributed by atoms with Crippen molar-refractivity contribution in [2.45, 2.75) is 25.7 Å². The van der Waals surface area contributed by atoms with E-state index in [-0.39, 0.29) is 18.2 Å². The van der Waals surface area contributed by atoms with Crippen LogP contribution in [-0.4, -0.2) is 25.0 Å². The molecule has 6 nitrogen and oxygen atoms in total. The summed E-state index contributed by atoms with van der Waals surface area (Å²) in [5.74, 6) is -0.0344. The number of hydrogen-bond donors (Lipinski definition) is 2. The first kappa shape index (κ1) is 16.0. The predicted molar refractivity (Wildman–Crippen MR) is 82.1 cm³/mol. The molecule has 2 N–H and O–H groups in total. The summed E-state index contributed by atoms with van der Waals surface area (Å²) in [6.45, 7) is 1.44. The van der Waals surface area contributed by atoms with Crippen LogP contribution in [0.1, 0.15) is 25.7 Å². The number of carbonyl (C=O) groups is 2. The highest BCUT2D eigenvalue weighted by Gasteiger charge is 2.17. The lowest BCUT2D eigenvalue weighted by Crippen LogP contribution is -2.22. The van der Waals surface area contributed by atoms with Crippen LogP contribution in [0.15, 0.2) is 24.3 Å². The van der Waals surface area contributed by atoms with Gasteiger partial charge in [-0.1, -0.05) is 6.07 Å². The van der Waals surface area contributed by atoms with Gasteiger partial charge in [-0.3, -0.25) is 9.59 Å². The Morgan fingerprint density at radius 3 is 2.45 bits per heavy atom. The highest BCUT2D eigenvalue weighted by atomic mass is 16.5. The molecule has 1 saturated heterocycles. The molecule has 1 aliphatic heterocycles. The van der Waals surface area contributed by atoms with Gasteiger partial charge in [0.15, 0.2) is 0 Å². The van der Waals surface area contributed by atoms with Crippen molar-refractivity contribution in [2.24, 2.45) is 5.92 Å². The molecule has 0 saturated carbocycles. The molecule has 1 fully saturated rings. The fourth-order valence-corrected chi connectivity index (χ4v) is 2.38. The topological polar surface area (TPSA) is 91.2 Å². The van der Waals surface area contributed by atoms with Crippen LogP contribution in [0, 0.1) is 17.2 Å². The van der Waals surface area contributed by atoms with Crippen molar-refractivity contribution < 1.29 is 14.3 Å². The number of ether oxygens (including phenoxy) is 1. The van der Waals surface area contributed by atoms with Crippen LogP contribution in [0.3, 0.4) is 0 Å². The van der Waals surface area contributed by atoms with Gasteiger partial charge in [0.2, 0.25) is 11.8 Å². The van der Waals surface area contributed by atoms with Crippen molar-refractivity contribution in [3.63, 3.8) is 0 Å². The van der Waals surface area contributed by atoms with Crippen molar-refractivity contribution in [3.05, 3.63) is 24.3 Å². The Bertz CT molecular complexity index is 574. The van der Waals surface area contributed by atoms with Gasteiger partial charge < -0.3 is 15.4 Å². The summed E-state index contributed by atoms with van der Waals surface area (Å²) in [4.78, 5) is 23.4. The molecule has 6 heteroatoms. The minimum atomic E-state index is -0.367. The third-order valence-electron chi connectivity index (χ3n) is 3.48. The molecular formula is C16H19N3O3. The molecule has 0 atom stereocenters. The average molecular weight is 301 g/mol.